The summed E-state index contributed by atoms with van der Waals surface area (Å²) in [5.41, 5.74) is 5.45. The van der Waals surface area contributed by atoms with Crippen molar-refractivity contribution in [2.45, 2.75) is 71.4 Å². The fourth-order valence-corrected chi connectivity index (χ4v) is 3.35. The van der Waals surface area contributed by atoms with Crippen LogP contribution in [0.15, 0.2) is 0 Å². The van der Waals surface area contributed by atoms with Crippen molar-refractivity contribution in [3.8, 4) is 0 Å². The van der Waals surface area contributed by atoms with E-state index in [2.05, 4.69) is 6.92 Å². The van der Waals surface area contributed by atoms with Gasteiger partial charge in [-0.3, -0.25) is 4.79 Å². The number of nitrogens with two attached hydrogens (primary N) is 1. The molecular formula is C15H27NO2. The van der Waals surface area contributed by atoms with E-state index in [-0.39, 0.29) is 12.0 Å². The average molecular weight is 253 g/mol. The smallest absolute Gasteiger partial charge is 0.314 e. The molecule has 3 nitrogen and oxygen atoms in total. The summed E-state index contributed by atoms with van der Waals surface area (Å²) in [4.78, 5) is 12.5. The van der Waals surface area contributed by atoms with Gasteiger partial charge in [0.2, 0.25) is 0 Å². The maximum atomic E-state index is 12.5. The first-order valence-corrected chi connectivity index (χ1v) is 7.27. The molecule has 2 aliphatic carbocycles. The van der Waals surface area contributed by atoms with E-state index in [4.69, 9.17) is 10.5 Å². The van der Waals surface area contributed by atoms with Crippen molar-refractivity contribution < 1.29 is 9.53 Å². The van der Waals surface area contributed by atoms with Crippen molar-refractivity contribution in [1.82, 2.24) is 0 Å². The average Bonchev–Trinajstić information content (AvgIpc) is 3.01. The Hall–Kier alpha value is -0.570. The van der Waals surface area contributed by atoms with Gasteiger partial charge in [-0.1, -0.05) is 6.92 Å². The molecule has 0 spiro atoms. The maximum Gasteiger partial charge on any atom is 0.314 e. The van der Waals surface area contributed by atoms with Gasteiger partial charge in [0, 0.05) is 6.04 Å². The van der Waals surface area contributed by atoms with Gasteiger partial charge >= 0.3 is 5.97 Å². The first-order valence-electron chi connectivity index (χ1n) is 7.27. The Kier molecular flexibility index (Phi) is 3.48. The molecule has 0 aromatic carbocycles. The van der Waals surface area contributed by atoms with E-state index in [1.54, 1.807) is 0 Å². The van der Waals surface area contributed by atoms with Crippen LogP contribution in [0, 0.1) is 17.3 Å². The number of rotatable bonds is 3. The van der Waals surface area contributed by atoms with Gasteiger partial charge in [0.1, 0.15) is 5.60 Å². The van der Waals surface area contributed by atoms with Gasteiger partial charge < -0.3 is 10.5 Å². The summed E-state index contributed by atoms with van der Waals surface area (Å²) < 4.78 is 5.62. The molecule has 3 heteroatoms. The Balaban J connectivity index is 2.12. The lowest BCUT2D eigenvalue weighted by Gasteiger charge is -2.33. The summed E-state index contributed by atoms with van der Waals surface area (Å²) >= 11 is 0. The third kappa shape index (κ3) is 2.56. The number of hydrogen-bond donors (Lipinski definition) is 1. The summed E-state index contributed by atoms with van der Waals surface area (Å²) in [6.45, 7) is 7.84. The highest BCUT2D eigenvalue weighted by Gasteiger charge is 2.54. The zero-order valence-electron chi connectivity index (χ0n) is 12.2. The van der Waals surface area contributed by atoms with Gasteiger partial charge in [-0.05, 0) is 64.7 Å². The molecule has 0 bridgehead atoms. The Morgan fingerprint density at radius 2 is 1.94 bits per heavy atom. The molecule has 2 N–H and O–H groups in total. The van der Waals surface area contributed by atoms with Gasteiger partial charge in [-0.25, -0.2) is 0 Å². The predicted octanol–water partition coefficient (Wildman–Crippen LogP) is 2.87. The first-order chi connectivity index (χ1) is 8.28. The van der Waals surface area contributed by atoms with Gasteiger partial charge in [0.05, 0.1) is 5.41 Å². The van der Waals surface area contributed by atoms with Crippen LogP contribution in [0.5, 0.6) is 0 Å². The van der Waals surface area contributed by atoms with E-state index < -0.39 is 11.0 Å². The van der Waals surface area contributed by atoms with Gasteiger partial charge in [-0.15, -0.1) is 0 Å². The molecule has 0 aromatic heterocycles. The molecule has 0 saturated heterocycles. The standard InChI is InChI=1S/C15H27NO2/c1-5-15(13(17)18-14(2,3)4)9-11(8-12(15)16)10-6-7-10/h10-12H,5-9,16H2,1-4H3. The lowest BCUT2D eigenvalue weighted by Crippen LogP contribution is -2.46. The van der Waals surface area contributed by atoms with Crippen LogP contribution in [0.4, 0.5) is 0 Å². The topological polar surface area (TPSA) is 52.3 Å². The van der Waals surface area contributed by atoms with Crippen molar-refractivity contribution in [2.75, 3.05) is 0 Å². The Bertz CT molecular complexity index is 330. The Morgan fingerprint density at radius 3 is 2.39 bits per heavy atom. The van der Waals surface area contributed by atoms with Crippen molar-refractivity contribution in [3.63, 3.8) is 0 Å². The van der Waals surface area contributed by atoms with Crippen molar-refractivity contribution in [1.29, 1.82) is 0 Å². The molecule has 104 valence electrons. The second-order valence-electron chi connectivity index (χ2n) is 7.16. The van der Waals surface area contributed by atoms with E-state index in [1.165, 1.54) is 12.8 Å². The Labute approximate surface area is 110 Å². The lowest BCUT2D eigenvalue weighted by molar-refractivity contribution is -0.168. The minimum atomic E-state index is -0.430. The summed E-state index contributed by atoms with van der Waals surface area (Å²) in [5.74, 6) is 1.40. The molecule has 2 fully saturated rings. The van der Waals surface area contributed by atoms with Crippen molar-refractivity contribution in [2.24, 2.45) is 23.0 Å². The van der Waals surface area contributed by atoms with Crippen LogP contribution < -0.4 is 5.73 Å². The van der Waals surface area contributed by atoms with E-state index in [0.29, 0.717) is 5.92 Å². The minimum Gasteiger partial charge on any atom is -0.459 e. The summed E-state index contributed by atoms with van der Waals surface area (Å²) in [7, 11) is 0. The normalized spacial score (nSPS) is 36.7. The van der Waals surface area contributed by atoms with Crippen LogP contribution in [-0.4, -0.2) is 17.6 Å². The van der Waals surface area contributed by atoms with Gasteiger partial charge in [0.25, 0.3) is 0 Å². The monoisotopic (exact) mass is 253 g/mol. The molecule has 0 heterocycles. The SMILES string of the molecule is CCC1(C(=O)OC(C)(C)C)CC(C2CC2)CC1N. The number of ether oxygens (including phenoxy) is 1. The largest absolute Gasteiger partial charge is 0.459 e. The van der Waals surface area contributed by atoms with Crippen molar-refractivity contribution >= 4 is 5.97 Å². The van der Waals surface area contributed by atoms with Crippen LogP contribution in [-0.2, 0) is 9.53 Å². The van der Waals surface area contributed by atoms with Crippen molar-refractivity contribution in [3.05, 3.63) is 0 Å². The van der Waals surface area contributed by atoms with Crippen LogP contribution in [0.3, 0.4) is 0 Å². The second-order valence-corrected chi connectivity index (χ2v) is 7.16. The number of hydrogen-bond acceptors (Lipinski definition) is 3. The fraction of sp³-hybridized carbons (Fsp3) is 0.933. The van der Waals surface area contributed by atoms with Gasteiger partial charge in [0.15, 0.2) is 0 Å². The molecular weight excluding hydrogens is 226 g/mol. The van der Waals surface area contributed by atoms with E-state index in [1.807, 2.05) is 20.8 Å². The molecule has 2 aliphatic rings. The number of carbonyl (C=O) groups is 1. The molecule has 3 atom stereocenters. The highest BCUT2D eigenvalue weighted by atomic mass is 16.6. The Morgan fingerprint density at radius 1 is 1.33 bits per heavy atom. The van der Waals surface area contributed by atoms with Gasteiger partial charge in [-0.2, -0.15) is 0 Å². The number of esters is 1. The van der Waals surface area contributed by atoms with Crippen LogP contribution in [0.25, 0.3) is 0 Å². The summed E-state index contributed by atoms with van der Waals surface area (Å²) in [6.07, 6.45) is 5.38. The minimum absolute atomic E-state index is 0.0250. The summed E-state index contributed by atoms with van der Waals surface area (Å²) in [6, 6.07) is -0.0250. The second kappa shape index (κ2) is 4.52. The highest BCUT2D eigenvalue weighted by molar-refractivity contribution is 5.78. The molecule has 0 aromatic rings. The highest BCUT2D eigenvalue weighted by Crippen LogP contribution is 2.53. The molecule has 2 rings (SSSR count). The lowest BCUT2D eigenvalue weighted by atomic mass is 9.79. The van der Waals surface area contributed by atoms with Crippen LogP contribution in [0.1, 0.15) is 59.8 Å². The molecule has 0 radical (unpaired) electrons. The molecule has 3 unspecified atom stereocenters. The van der Waals surface area contributed by atoms with E-state index >= 15 is 0 Å². The van der Waals surface area contributed by atoms with E-state index in [0.717, 1.165) is 25.2 Å². The summed E-state index contributed by atoms with van der Waals surface area (Å²) in [5, 5.41) is 0. The molecule has 2 saturated carbocycles. The third-order valence-corrected chi connectivity index (χ3v) is 4.62. The number of carbonyl (C=O) groups excluding carboxylic acids is 1. The molecule has 18 heavy (non-hydrogen) atoms. The molecule has 0 aliphatic heterocycles. The zero-order valence-corrected chi connectivity index (χ0v) is 12.2. The third-order valence-electron chi connectivity index (χ3n) is 4.62. The fourth-order valence-electron chi connectivity index (χ4n) is 3.35. The first kappa shape index (κ1) is 13.9. The quantitative estimate of drug-likeness (QED) is 0.787. The molecule has 0 amide bonds. The zero-order chi connectivity index (χ0) is 13.6. The van der Waals surface area contributed by atoms with Crippen LogP contribution in [0.2, 0.25) is 0 Å². The van der Waals surface area contributed by atoms with Crippen LogP contribution >= 0.6 is 0 Å². The van der Waals surface area contributed by atoms with E-state index in [9.17, 15) is 4.79 Å². The maximum absolute atomic E-state index is 12.5. The predicted molar refractivity (Wildman–Crippen MR) is 72.0 cm³/mol.